The maximum atomic E-state index is 12.7. The average Bonchev–Trinajstić information content (AvgIpc) is 2.83. The highest BCUT2D eigenvalue weighted by molar-refractivity contribution is 7.92. The zero-order valence-electron chi connectivity index (χ0n) is 18.0. The zero-order chi connectivity index (χ0) is 25.8. The number of non-ortho nitro benzene ring substituents is 1. The molecule has 0 aliphatic rings. The number of carbonyl (C=O) groups is 1. The fourth-order valence-electron chi connectivity index (χ4n) is 2.74. The second-order valence-electron chi connectivity index (χ2n) is 6.58. The number of carbonyl (C=O) groups excluding carboxylic acids is 1. The van der Waals surface area contributed by atoms with Crippen molar-refractivity contribution < 1.29 is 32.5 Å². The molecule has 182 valence electrons. The van der Waals surface area contributed by atoms with Crippen molar-refractivity contribution in [1.82, 2.24) is 9.97 Å². The minimum atomic E-state index is -4.11. The van der Waals surface area contributed by atoms with Gasteiger partial charge in [-0.1, -0.05) is 0 Å². The van der Waals surface area contributed by atoms with E-state index in [9.17, 15) is 33.4 Å². The van der Waals surface area contributed by atoms with Gasteiger partial charge in [-0.25, -0.2) is 8.42 Å². The lowest BCUT2D eigenvalue weighted by molar-refractivity contribution is -0.394. The number of nitrogens with one attached hydrogen (secondary N) is 2. The highest BCUT2D eigenvalue weighted by Gasteiger charge is 2.24. The summed E-state index contributed by atoms with van der Waals surface area (Å²) in [5, 5.41) is 24.5. The summed E-state index contributed by atoms with van der Waals surface area (Å²) < 4.78 is 37.5. The van der Waals surface area contributed by atoms with Gasteiger partial charge in [0.2, 0.25) is 5.88 Å². The van der Waals surface area contributed by atoms with Crippen LogP contribution < -0.4 is 19.5 Å². The molecule has 0 aliphatic heterocycles. The molecule has 0 fully saturated rings. The fraction of sp³-hybridized carbons (Fsp3) is 0.105. The van der Waals surface area contributed by atoms with Gasteiger partial charge in [-0.05, 0) is 30.3 Å². The highest BCUT2D eigenvalue weighted by atomic mass is 32.2. The van der Waals surface area contributed by atoms with E-state index in [1.807, 2.05) is 0 Å². The monoisotopic (exact) mass is 504 g/mol. The number of amides is 1. The number of nitro benzene ring substituents is 2. The van der Waals surface area contributed by atoms with Crippen molar-refractivity contribution in [2.75, 3.05) is 24.3 Å². The van der Waals surface area contributed by atoms with E-state index in [4.69, 9.17) is 9.47 Å². The van der Waals surface area contributed by atoms with Gasteiger partial charge < -0.3 is 14.8 Å². The van der Waals surface area contributed by atoms with Crippen molar-refractivity contribution in [2.24, 2.45) is 0 Å². The Morgan fingerprint density at radius 2 is 1.63 bits per heavy atom. The number of sulfonamides is 1. The number of hydrogen-bond donors (Lipinski definition) is 2. The molecule has 0 spiro atoms. The molecule has 0 unspecified atom stereocenters. The smallest absolute Gasteiger partial charge is 0.321 e. The number of nitrogens with zero attached hydrogens (tertiary/aromatic N) is 4. The molecule has 0 saturated heterocycles. The molecule has 0 atom stereocenters. The number of hydrogen-bond acceptors (Lipinski definition) is 11. The Kier molecular flexibility index (Phi) is 7.05. The van der Waals surface area contributed by atoms with Crippen LogP contribution in [0.1, 0.15) is 10.4 Å². The summed E-state index contributed by atoms with van der Waals surface area (Å²) in [6, 6.07) is 8.57. The summed E-state index contributed by atoms with van der Waals surface area (Å²) in [6.45, 7) is 0. The van der Waals surface area contributed by atoms with Crippen LogP contribution in [-0.2, 0) is 10.0 Å². The van der Waals surface area contributed by atoms with E-state index < -0.39 is 42.7 Å². The van der Waals surface area contributed by atoms with Gasteiger partial charge in [-0.3, -0.25) is 29.7 Å². The lowest BCUT2D eigenvalue weighted by Crippen LogP contribution is -2.16. The molecule has 2 N–H and O–H groups in total. The predicted octanol–water partition coefficient (Wildman–Crippen LogP) is 2.36. The first-order valence-electron chi connectivity index (χ1n) is 9.38. The quantitative estimate of drug-likeness (QED) is 0.319. The molecule has 1 amide bonds. The molecule has 0 aliphatic carbocycles. The van der Waals surface area contributed by atoms with Crippen molar-refractivity contribution >= 4 is 38.8 Å². The molecular formula is C19H16N6O9S. The largest absolute Gasteiger partial charge is 0.481 e. The maximum absolute atomic E-state index is 12.7. The van der Waals surface area contributed by atoms with Gasteiger partial charge in [-0.2, -0.15) is 9.97 Å². The van der Waals surface area contributed by atoms with Gasteiger partial charge in [0.15, 0.2) is 5.82 Å². The lowest BCUT2D eigenvalue weighted by Gasteiger charge is -2.10. The molecule has 0 radical (unpaired) electrons. The molecule has 15 nitrogen and oxygen atoms in total. The van der Waals surface area contributed by atoms with Crippen LogP contribution in [0.4, 0.5) is 22.9 Å². The van der Waals surface area contributed by atoms with E-state index in [-0.39, 0.29) is 28.3 Å². The van der Waals surface area contributed by atoms with E-state index in [1.165, 1.54) is 44.6 Å². The molecule has 3 rings (SSSR count). The lowest BCUT2D eigenvalue weighted by atomic mass is 10.1. The van der Waals surface area contributed by atoms with E-state index in [2.05, 4.69) is 20.0 Å². The minimum Gasteiger partial charge on any atom is -0.481 e. The van der Waals surface area contributed by atoms with E-state index in [0.29, 0.717) is 6.07 Å². The van der Waals surface area contributed by atoms with Crippen molar-refractivity contribution in [3.05, 3.63) is 74.3 Å². The summed E-state index contributed by atoms with van der Waals surface area (Å²) in [5.41, 5.74) is -1.59. The first-order chi connectivity index (χ1) is 16.5. The van der Waals surface area contributed by atoms with Gasteiger partial charge in [0, 0.05) is 17.8 Å². The normalized spacial score (nSPS) is 10.8. The van der Waals surface area contributed by atoms with Crippen LogP contribution in [0.5, 0.6) is 11.9 Å². The summed E-state index contributed by atoms with van der Waals surface area (Å²) >= 11 is 0. The average molecular weight is 504 g/mol. The van der Waals surface area contributed by atoms with Gasteiger partial charge in [0.1, 0.15) is 5.56 Å². The van der Waals surface area contributed by atoms with Crippen molar-refractivity contribution in [1.29, 1.82) is 0 Å². The van der Waals surface area contributed by atoms with E-state index in [1.54, 1.807) is 0 Å². The third kappa shape index (κ3) is 5.74. The molecule has 1 aromatic heterocycles. The Morgan fingerprint density at radius 1 is 0.943 bits per heavy atom. The summed E-state index contributed by atoms with van der Waals surface area (Å²) in [5.74, 6) is -0.968. The number of nitro groups is 2. The number of aromatic nitrogens is 2. The minimum absolute atomic E-state index is 0.0629. The van der Waals surface area contributed by atoms with Crippen molar-refractivity contribution in [2.45, 2.75) is 4.90 Å². The number of benzene rings is 2. The van der Waals surface area contributed by atoms with Gasteiger partial charge in [0.25, 0.3) is 27.3 Å². The number of ether oxygens (including phenoxy) is 2. The van der Waals surface area contributed by atoms with Gasteiger partial charge >= 0.3 is 6.01 Å². The number of methoxy groups -OCH3 is 2. The van der Waals surface area contributed by atoms with Crippen LogP contribution >= 0.6 is 0 Å². The van der Waals surface area contributed by atoms with Gasteiger partial charge in [-0.15, -0.1) is 0 Å². The van der Waals surface area contributed by atoms with Crippen LogP contribution in [0.2, 0.25) is 0 Å². The second-order valence-corrected chi connectivity index (χ2v) is 8.26. The first kappa shape index (κ1) is 24.8. The predicted molar refractivity (Wildman–Crippen MR) is 120 cm³/mol. The first-order valence-corrected chi connectivity index (χ1v) is 10.9. The van der Waals surface area contributed by atoms with Crippen molar-refractivity contribution in [3.63, 3.8) is 0 Å². The van der Waals surface area contributed by atoms with Crippen LogP contribution in [0.25, 0.3) is 0 Å². The van der Waals surface area contributed by atoms with E-state index in [0.717, 1.165) is 12.1 Å². The Bertz CT molecular complexity index is 1390. The summed E-state index contributed by atoms with van der Waals surface area (Å²) in [4.78, 5) is 40.4. The third-order valence-corrected chi connectivity index (χ3v) is 5.74. The SMILES string of the molecule is COc1cc(NS(=O)(=O)c2ccc(NC(=O)c3ccc([N+](=O)[O-])cc3[N+](=O)[O-])cc2)nc(OC)n1. The number of rotatable bonds is 9. The highest BCUT2D eigenvalue weighted by Crippen LogP contribution is 2.26. The summed E-state index contributed by atoms with van der Waals surface area (Å²) in [6.07, 6.45) is 0. The van der Waals surface area contributed by atoms with Crippen LogP contribution in [0.3, 0.4) is 0 Å². The molecule has 16 heteroatoms. The third-order valence-electron chi connectivity index (χ3n) is 4.37. The molecule has 0 saturated carbocycles. The van der Waals surface area contributed by atoms with E-state index >= 15 is 0 Å². The molecule has 3 aromatic rings. The number of anilines is 2. The Balaban J connectivity index is 1.80. The van der Waals surface area contributed by atoms with Gasteiger partial charge in [0.05, 0.1) is 35.0 Å². The standard InChI is InChI=1S/C19H16N6O9S/c1-33-17-10-16(21-19(22-17)34-2)23-35(31,32)13-6-3-11(4-7-13)20-18(26)14-8-5-12(24(27)28)9-15(14)25(29)30/h3-10H,1-2H3,(H,20,26)(H,21,22,23). The Labute approximate surface area is 197 Å². The van der Waals surface area contributed by atoms with Crippen LogP contribution in [-0.4, -0.2) is 48.4 Å². The molecule has 2 aromatic carbocycles. The topological polar surface area (TPSA) is 206 Å². The van der Waals surface area contributed by atoms with Crippen LogP contribution in [0.15, 0.2) is 53.4 Å². The maximum Gasteiger partial charge on any atom is 0.321 e. The Morgan fingerprint density at radius 3 is 2.20 bits per heavy atom. The molecule has 35 heavy (non-hydrogen) atoms. The molecule has 1 heterocycles. The molecular weight excluding hydrogens is 488 g/mol. The molecule has 0 bridgehead atoms. The summed E-state index contributed by atoms with van der Waals surface area (Å²) in [7, 11) is -1.48. The zero-order valence-corrected chi connectivity index (χ0v) is 18.8. The Hall–Kier alpha value is -4.86. The van der Waals surface area contributed by atoms with Crippen molar-refractivity contribution in [3.8, 4) is 11.9 Å². The fourth-order valence-corrected chi connectivity index (χ4v) is 3.73. The second kappa shape index (κ2) is 9.96. The van der Waals surface area contributed by atoms with Crippen LogP contribution in [0, 0.1) is 20.2 Å².